The molecule has 86 valence electrons. The van der Waals surface area contributed by atoms with Crippen molar-refractivity contribution in [1.29, 1.82) is 5.26 Å². The first-order chi connectivity index (χ1) is 8.26. The highest BCUT2D eigenvalue weighted by molar-refractivity contribution is 6.37. The van der Waals surface area contributed by atoms with Crippen molar-refractivity contribution in [3.63, 3.8) is 0 Å². The predicted molar refractivity (Wildman–Crippen MR) is 68.7 cm³/mol. The Morgan fingerprint density at radius 1 is 1.29 bits per heavy atom. The molecule has 0 spiro atoms. The quantitative estimate of drug-likeness (QED) is 0.792. The molecule has 0 atom stereocenters. The highest BCUT2D eigenvalue weighted by Gasteiger charge is 2.16. The minimum absolute atomic E-state index is 0.665. The van der Waals surface area contributed by atoms with Gasteiger partial charge in [0, 0.05) is 16.2 Å². The third-order valence-corrected chi connectivity index (χ3v) is 3.12. The number of hydrogen-bond acceptors (Lipinski definition) is 2. The van der Waals surface area contributed by atoms with Crippen molar-refractivity contribution >= 4 is 17.2 Å². The summed E-state index contributed by atoms with van der Waals surface area (Å²) in [6, 6.07) is 9.82. The third kappa shape index (κ3) is 2.35. The van der Waals surface area contributed by atoms with Crippen molar-refractivity contribution in [2.24, 2.45) is 0 Å². The van der Waals surface area contributed by atoms with E-state index in [2.05, 4.69) is 6.07 Å². The number of benzene rings is 1. The number of allylic oxidation sites excluding steroid dienone is 4. The zero-order valence-corrected chi connectivity index (χ0v) is 10.3. The van der Waals surface area contributed by atoms with E-state index in [1.165, 1.54) is 0 Å². The van der Waals surface area contributed by atoms with Crippen LogP contribution >= 0.6 is 11.6 Å². The van der Waals surface area contributed by atoms with Gasteiger partial charge in [-0.15, -0.1) is 0 Å². The number of rotatable bonds is 2. The first kappa shape index (κ1) is 11.8. The molecule has 0 saturated heterocycles. The summed E-state index contributed by atoms with van der Waals surface area (Å²) in [5.41, 5.74) is 2.56. The molecule has 0 N–H and O–H groups in total. The SMILES string of the molecule is COc1ccc(C2=C(C#N)CCC=C2Cl)cc1. The van der Waals surface area contributed by atoms with E-state index < -0.39 is 0 Å². The van der Waals surface area contributed by atoms with Crippen LogP contribution in [0.2, 0.25) is 0 Å². The van der Waals surface area contributed by atoms with Crippen molar-refractivity contribution in [3.05, 3.63) is 46.5 Å². The molecule has 0 radical (unpaired) electrons. The van der Waals surface area contributed by atoms with Gasteiger partial charge < -0.3 is 4.74 Å². The van der Waals surface area contributed by atoms with E-state index in [0.29, 0.717) is 5.03 Å². The largest absolute Gasteiger partial charge is 0.497 e. The van der Waals surface area contributed by atoms with Gasteiger partial charge in [-0.2, -0.15) is 5.26 Å². The molecule has 0 aromatic heterocycles. The van der Waals surface area contributed by atoms with E-state index in [1.807, 2.05) is 30.3 Å². The molecule has 1 aromatic rings. The number of hydrogen-bond donors (Lipinski definition) is 0. The maximum Gasteiger partial charge on any atom is 0.118 e. The monoisotopic (exact) mass is 245 g/mol. The third-order valence-electron chi connectivity index (χ3n) is 2.77. The second kappa shape index (κ2) is 5.07. The highest BCUT2D eigenvalue weighted by Crippen LogP contribution is 2.35. The Morgan fingerprint density at radius 2 is 2.00 bits per heavy atom. The lowest BCUT2D eigenvalue weighted by Crippen LogP contribution is -1.96. The van der Waals surface area contributed by atoms with Gasteiger partial charge in [0.15, 0.2) is 0 Å². The minimum Gasteiger partial charge on any atom is -0.497 e. The number of nitriles is 1. The fraction of sp³-hybridized carbons (Fsp3) is 0.214. The molecule has 0 unspecified atom stereocenters. The van der Waals surface area contributed by atoms with Crippen LogP contribution in [0, 0.1) is 11.3 Å². The molecule has 1 aromatic carbocycles. The van der Waals surface area contributed by atoms with Gasteiger partial charge in [-0.25, -0.2) is 0 Å². The molecule has 3 heteroatoms. The summed E-state index contributed by atoms with van der Waals surface area (Å²) in [6.07, 6.45) is 3.55. The number of nitrogens with zero attached hydrogens (tertiary/aromatic N) is 1. The molecule has 0 saturated carbocycles. The summed E-state index contributed by atoms with van der Waals surface area (Å²) >= 11 is 6.19. The normalized spacial score (nSPS) is 15.2. The van der Waals surface area contributed by atoms with Gasteiger partial charge in [0.2, 0.25) is 0 Å². The van der Waals surface area contributed by atoms with Crippen LogP contribution in [0.4, 0.5) is 0 Å². The van der Waals surface area contributed by atoms with Crippen LogP contribution in [-0.4, -0.2) is 7.11 Å². The van der Waals surface area contributed by atoms with Crippen molar-refractivity contribution in [2.75, 3.05) is 7.11 Å². The summed E-state index contributed by atoms with van der Waals surface area (Å²) in [5, 5.41) is 9.79. The van der Waals surface area contributed by atoms with Crippen LogP contribution in [-0.2, 0) is 0 Å². The van der Waals surface area contributed by atoms with Gasteiger partial charge in [0.25, 0.3) is 0 Å². The lowest BCUT2D eigenvalue weighted by molar-refractivity contribution is 0.415. The van der Waals surface area contributed by atoms with Crippen LogP contribution in [0.3, 0.4) is 0 Å². The zero-order chi connectivity index (χ0) is 12.3. The Morgan fingerprint density at radius 3 is 2.59 bits per heavy atom. The molecule has 0 aliphatic heterocycles. The topological polar surface area (TPSA) is 33.0 Å². The molecular weight excluding hydrogens is 234 g/mol. The second-order valence-corrected chi connectivity index (χ2v) is 4.19. The molecule has 1 aliphatic rings. The Labute approximate surface area is 106 Å². The van der Waals surface area contributed by atoms with Gasteiger partial charge in [0.05, 0.1) is 13.2 Å². The fourth-order valence-corrected chi connectivity index (χ4v) is 2.23. The molecule has 2 nitrogen and oxygen atoms in total. The lowest BCUT2D eigenvalue weighted by atomic mass is 9.93. The summed E-state index contributed by atoms with van der Waals surface area (Å²) in [5.74, 6) is 0.795. The van der Waals surface area contributed by atoms with E-state index >= 15 is 0 Å². The van der Waals surface area contributed by atoms with Crippen LogP contribution in [0.25, 0.3) is 5.57 Å². The van der Waals surface area contributed by atoms with Crippen LogP contribution in [0.5, 0.6) is 5.75 Å². The first-order valence-electron chi connectivity index (χ1n) is 5.40. The van der Waals surface area contributed by atoms with Crippen molar-refractivity contribution in [1.82, 2.24) is 0 Å². The summed E-state index contributed by atoms with van der Waals surface area (Å²) in [6.45, 7) is 0. The molecular formula is C14H12ClNO. The molecule has 0 bridgehead atoms. The fourth-order valence-electron chi connectivity index (χ4n) is 1.90. The second-order valence-electron chi connectivity index (χ2n) is 3.78. The summed E-state index contributed by atoms with van der Waals surface area (Å²) in [4.78, 5) is 0. The lowest BCUT2D eigenvalue weighted by Gasteiger charge is -2.14. The van der Waals surface area contributed by atoms with Crippen molar-refractivity contribution in [2.45, 2.75) is 12.8 Å². The molecule has 2 rings (SSSR count). The maximum atomic E-state index is 9.12. The summed E-state index contributed by atoms with van der Waals surface area (Å²) in [7, 11) is 1.63. The Balaban J connectivity index is 2.46. The minimum atomic E-state index is 0.665. The van der Waals surface area contributed by atoms with Gasteiger partial charge in [-0.05, 0) is 30.5 Å². The molecule has 1 aliphatic carbocycles. The Hall–Kier alpha value is -1.72. The average molecular weight is 246 g/mol. The Kier molecular flexibility index (Phi) is 3.51. The molecule has 0 fully saturated rings. The van der Waals surface area contributed by atoms with Crippen LogP contribution in [0.1, 0.15) is 18.4 Å². The molecule has 0 amide bonds. The number of ether oxygens (including phenoxy) is 1. The van der Waals surface area contributed by atoms with Gasteiger partial charge in [0.1, 0.15) is 5.75 Å². The van der Waals surface area contributed by atoms with E-state index in [0.717, 1.165) is 35.3 Å². The van der Waals surface area contributed by atoms with Crippen LogP contribution < -0.4 is 4.74 Å². The van der Waals surface area contributed by atoms with E-state index in [-0.39, 0.29) is 0 Å². The van der Waals surface area contributed by atoms with Gasteiger partial charge in [-0.1, -0.05) is 29.8 Å². The standard InChI is InChI=1S/C14H12ClNO/c1-17-12-7-5-10(6-8-12)14-11(9-16)3-2-4-13(14)15/h4-8H,2-3H2,1H3. The molecule has 17 heavy (non-hydrogen) atoms. The molecule has 0 heterocycles. The number of halogens is 1. The first-order valence-corrected chi connectivity index (χ1v) is 5.77. The van der Waals surface area contributed by atoms with E-state index in [4.69, 9.17) is 21.6 Å². The van der Waals surface area contributed by atoms with Crippen LogP contribution in [0.15, 0.2) is 40.9 Å². The zero-order valence-electron chi connectivity index (χ0n) is 9.53. The Bertz CT molecular complexity index is 520. The van der Waals surface area contributed by atoms with Crippen molar-refractivity contribution in [3.8, 4) is 11.8 Å². The van der Waals surface area contributed by atoms with Crippen molar-refractivity contribution < 1.29 is 4.74 Å². The van der Waals surface area contributed by atoms with E-state index in [9.17, 15) is 0 Å². The average Bonchev–Trinajstić information content (AvgIpc) is 2.38. The number of methoxy groups -OCH3 is 1. The maximum absolute atomic E-state index is 9.12. The van der Waals surface area contributed by atoms with Gasteiger partial charge >= 0.3 is 0 Å². The highest BCUT2D eigenvalue weighted by atomic mass is 35.5. The predicted octanol–water partition coefficient (Wildman–Crippen LogP) is 3.89. The van der Waals surface area contributed by atoms with Gasteiger partial charge in [-0.3, -0.25) is 0 Å². The smallest absolute Gasteiger partial charge is 0.118 e. The summed E-state index contributed by atoms with van der Waals surface area (Å²) < 4.78 is 5.11. The van der Waals surface area contributed by atoms with E-state index in [1.54, 1.807) is 7.11 Å².